The first-order valence-corrected chi connectivity index (χ1v) is 12.5. The fourth-order valence-electron chi connectivity index (χ4n) is 4.75. The summed E-state index contributed by atoms with van der Waals surface area (Å²) in [7, 11) is -3.86. The van der Waals surface area contributed by atoms with Gasteiger partial charge in [-0.1, -0.05) is 61.5 Å². The molecule has 0 amide bonds. The van der Waals surface area contributed by atoms with Gasteiger partial charge in [0, 0.05) is 5.56 Å². The number of sulfonamides is 1. The number of aromatic hydroxyl groups is 1. The van der Waals surface area contributed by atoms with Crippen molar-refractivity contribution in [1.82, 2.24) is 0 Å². The Morgan fingerprint density at radius 2 is 1.48 bits per heavy atom. The second-order valence-corrected chi connectivity index (χ2v) is 10.2. The molecule has 0 radical (unpaired) electrons. The Kier molecular flexibility index (Phi) is 5.22. The van der Waals surface area contributed by atoms with E-state index in [0.717, 1.165) is 27.8 Å². The molecular formula is C28H25NO3S. The van der Waals surface area contributed by atoms with Crippen LogP contribution in [-0.4, -0.2) is 13.5 Å². The van der Waals surface area contributed by atoms with Gasteiger partial charge in [0.2, 0.25) is 0 Å². The van der Waals surface area contributed by atoms with Gasteiger partial charge in [-0.2, -0.15) is 0 Å². The fraction of sp³-hybridized carbons (Fsp3) is 0.143. The van der Waals surface area contributed by atoms with E-state index in [4.69, 9.17) is 0 Å². The van der Waals surface area contributed by atoms with Crippen LogP contribution in [0.3, 0.4) is 0 Å². The Morgan fingerprint density at radius 3 is 2.18 bits per heavy atom. The van der Waals surface area contributed by atoms with Gasteiger partial charge in [-0.15, -0.1) is 0 Å². The number of hydrogen-bond acceptors (Lipinski definition) is 3. The first-order valence-electron chi connectivity index (χ1n) is 11.0. The molecule has 1 aliphatic rings. The number of nitrogens with zero attached hydrogens (tertiary/aromatic N) is 1. The molecule has 1 N–H and O–H groups in total. The number of aryl methyl sites for hydroxylation is 1. The van der Waals surface area contributed by atoms with Crippen molar-refractivity contribution in [1.29, 1.82) is 0 Å². The van der Waals surface area contributed by atoms with Crippen molar-refractivity contribution in [3.05, 3.63) is 102 Å². The third-order valence-corrected chi connectivity index (χ3v) is 8.20. The number of phenolic OH excluding ortho intramolecular Hbond substituents is 1. The van der Waals surface area contributed by atoms with Crippen LogP contribution >= 0.6 is 0 Å². The van der Waals surface area contributed by atoms with E-state index in [1.807, 2.05) is 49.4 Å². The van der Waals surface area contributed by atoms with Crippen LogP contribution in [0.25, 0.3) is 22.3 Å². The summed E-state index contributed by atoms with van der Waals surface area (Å²) in [6.07, 6.45) is 0.632. The Morgan fingerprint density at radius 1 is 0.818 bits per heavy atom. The van der Waals surface area contributed by atoms with E-state index >= 15 is 0 Å². The van der Waals surface area contributed by atoms with E-state index in [1.165, 1.54) is 29.8 Å². The van der Waals surface area contributed by atoms with Crippen molar-refractivity contribution in [2.45, 2.75) is 31.2 Å². The normalized spacial score (nSPS) is 15.1. The molecule has 0 spiro atoms. The molecule has 166 valence electrons. The predicted octanol–water partition coefficient (Wildman–Crippen LogP) is 6.69. The Labute approximate surface area is 194 Å². The minimum absolute atomic E-state index is 0.0354. The lowest BCUT2D eigenvalue weighted by Crippen LogP contribution is -2.37. The third-order valence-electron chi connectivity index (χ3n) is 6.36. The smallest absolute Gasteiger partial charge is 0.264 e. The van der Waals surface area contributed by atoms with Gasteiger partial charge >= 0.3 is 0 Å². The third kappa shape index (κ3) is 3.49. The van der Waals surface area contributed by atoms with Crippen molar-refractivity contribution in [3.8, 4) is 28.0 Å². The van der Waals surface area contributed by atoms with Crippen LogP contribution in [-0.2, 0) is 10.0 Å². The molecule has 0 fully saturated rings. The minimum Gasteiger partial charge on any atom is -0.508 e. The minimum atomic E-state index is -3.86. The monoisotopic (exact) mass is 455 g/mol. The summed E-state index contributed by atoms with van der Waals surface area (Å²) in [5.74, 6) is 0.0354. The summed E-state index contributed by atoms with van der Waals surface area (Å²) in [6.45, 7) is 4.09. The average molecular weight is 456 g/mol. The molecule has 0 saturated carbocycles. The summed E-state index contributed by atoms with van der Waals surface area (Å²) >= 11 is 0. The highest BCUT2D eigenvalue weighted by molar-refractivity contribution is 7.92. The number of anilines is 1. The van der Waals surface area contributed by atoms with Crippen molar-refractivity contribution in [2.75, 3.05) is 4.31 Å². The number of phenols is 1. The molecule has 33 heavy (non-hydrogen) atoms. The molecule has 1 heterocycles. The van der Waals surface area contributed by atoms with Crippen LogP contribution in [0.2, 0.25) is 0 Å². The Bertz CT molecular complexity index is 1440. The van der Waals surface area contributed by atoms with Gasteiger partial charge in [-0.25, -0.2) is 8.42 Å². The maximum atomic E-state index is 13.9. The lowest BCUT2D eigenvalue weighted by Gasteiger charge is -2.39. The summed E-state index contributed by atoms with van der Waals surface area (Å²) in [5, 5.41) is 9.67. The van der Waals surface area contributed by atoms with Gasteiger partial charge < -0.3 is 5.11 Å². The molecule has 1 unspecified atom stereocenters. The molecule has 0 aliphatic carbocycles. The van der Waals surface area contributed by atoms with E-state index in [2.05, 4.69) is 31.2 Å². The van der Waals surface area contributed by atoms with E-state index < -0.39 is 10.0 Å². The zero-order chi connectivity index (χ0) is 23.2. The van der Waals surface area contributed by atoms with Crippen molar-refractivity contribution >= 4 is 15.7 Å². The average Bonchev–Trinajstić information content (AvgIpc) is 2.83. The standard InChI is InChI=1S/C28H25NO3S/c1-3-27-25-11-7-6-10-24(25)26-18-20(23-9-5-4-8-19(23)2)12-17-28(26)29(27)33(31,32)22-15-13-21(30)14-16-22/h4-18,27,30H,3H2,1-2H3. The first-order chi connectivity index (χ1) is 15.9. The summed E-state index contributed by atoms with van der Waals surface area (Å²) in [4.78, 5) is 0.159. The van der Waals surface area contributed by atoms with Crippen LogP contribution in [0.5, 0.6) is 5.75 Å². The van der Waals surface area contributed by atoms with Crippen molar-refractivity contribution < 1.29 is 13.5 Å². The maximum absolute atomic E-state index is 13.9. The zero-order valence-electron chi connectivity index (χ0n) is 18.6. The maximum Gasteiger partial charge on any atom is 0.264 e. The highest BCUT2D eigenvalue weighted by Crippen LogP contribution is 2.49. The summed E-state index contributed by atoms with van der Waals surface area (Å²) < 4.78 is 29.3. The van der Waals surface area contributed by atoms with Gasteiger partial charge in [-0.05, 0) is 77.6 Å². The molecule has 4 nitrogen and oxygen atoms in total. The zero-order valence-corrected chi connectivity index (χ0v) is 19.4. The molecule has 4 aromatic carbocycles. The highest BCUT2D eigenvalue weighted by atomic mass is 32.2. The predicted molar refractivity (Wildman–Crippen MR) is 133 cm³/mol. The van der Waals surface area contributed by atoms with E-state index in [0.29, 0.717) is 12.1 Å². The SMILES string of the molecule is CCC1c2ccccc2-c2cc(-c3ccccc3C)ccc2N1S(=O)(=O)c1ccc(O)cc1. The summed E-state index contributed by atoms with van der Waals surface area (Å²) in [6, 6.07) is 27.7. The molecule has 0 aromatic heterocycles. The molecule has 4 aromatic rings. The second kappa shape index (κ2) is 8.09. The van der Waals surface area contributed by atoms with Gasteiger partial charge in [0.05, 0.1) is 16.6 Å². The number of benzene rings is 4. The van der Waals surface area contributed by atoms with Crippen molar-refractivity contribution in [2.24, 2.45) is 0 Å². The van der Waals surface area contributed by atoms with Gasteiger partial charge in [0.25, 0.3) is 10.0 Å². The largest absolute Gasteiger partial charge is 0.508 e. The first kappa shape index (κ1) is 21.3. The van der Waals surface area contributed by atoms with E-state index in [-0.39, 0.29) is 16.7 Å². The topological polar surface area (TPSA) is 57.6 Å². The van der Waals surface area contributed by atoms with Crippen LogP contribution in [0, 0.1) is 6.92 Å². The molecule has 0 saturated heterocycles. The quantitative estimate of drug-likeness (QED) is 0.373. The number of fused-ring (bicyclic) bond motifs is 3. The number of hydrogen-bond donors (Lipinski definition) is 1. The Balaban J connectivity index is 1.76. The lowest BCUT2D eigenvalue weighted by atomic mass is 9.86. The van der Waals surface area contributed by atoms with Crippen LogP contribution in [0.15, 0.2) is 95.9 Å². The van der Waals surface area contributed by atoms with Crippen LogP contribution in [0.4, 0.5) is 5.69 Å². The summed E-state index contributed by atoms with van der Waals surface area (Å²) in [5.41, 5.74) is 6.98. The fourth-order valence-corrected chi connectivity index (χ4v) is 6.47. The second-order valence-electron chi connectivity index (χ2n) is 8.35. The number of rotatable bonds is 4. The molecular weight excluding hydrogens is 430 g/mol. The Hall–Kier alpha value is -3.57. The highest BCUT2D eigenvalue weighted by Gasteiger charge is 2.38. The molecule has 5 heteroatoms. The lowest BCUT2D eigenvalue weighted by molar-refractivity contribution is 0.474. The van der Waals surface area contributed by atoms with E-state index in [1.54, 1.807) is 4.31 Å². The van der Waals surface area contributed by atoms with Gasteiger partial charge in [0.15, 0.2) is 0 Å². The van der Waals surface area contributed by atoms with Crippen LogP contribution in [0.1, 0.15) is 30.5 Å². The molecule has 0 bridgehead atoms. The van der Waals surface area contributed by atoms with Crippen LogP contribution < -0.4 is 4.31 Å². The molecule has 5 rings (SSSR count). The molecule has 1 aliphatic heterocycles. The van der Waals surface area contributed by atoms with E-state index in [9.17, 15) is 13.5 Å². The van der Waals surface area contributed by atoms with Crippen molar-refractivity contribution in [3.63, 3.8) is 0 Å². The molecule has 1 atom stereocenters. The van der Waals surface area contributed by atoms with Gasteiger partial charge in [-0.3, -0.25) is 4.31 Å². The van der Waals surface area contributed by atoms with Gasteiger partial charge in [0.1, 0.15) is 5.75 Å².